The summed E-state index contributed by atoms with van der Waals surface area (Å²) in [5.74, 6) is 0.284. The number of carbonyl (C=O) groups excluding carboxylic acids is 2. The fraction of sp³-hybridized carbons (Fsp3) is 0.440. The van der Waals surface area contributed by atoms with Crippen molar-refractivity contribution in [3.63, 3.8) is 0 Å². The molecule has 2 aliphatic rings. The molecule has 164 valence electrons. The Balaban J connectivity index is 1.47. The van der Waals surface area contributed by atoms with E-state index in [1.54, 1.807) is 0 Å². The molecule has 6 heteroatoms. The molecule has 0 aliphatic carbocycles. The molecule has 2 amide bonds. The first kappa shape index (κ1) is 22.3. The number of likely N-dealkylation sites (tertiary alicyclic amines) is 1. The van der Waals surface area contributed by atoms with Gasteiger partial charge in [0.25, 0.3) is 5.91 Å². The summed E-state index contributed by atoms with van der Waals surface area (Å²) in [6, 6.07) is 17.7. The third-order valence-electron chi connectivity index (χ3n) is 6.51. The minimum Gasteiger partial charge on any atom is -0.338 e. The van der Waals surface area contributed by atoms with Crippen molar-refractivity contribution in [2.24, 2.45) is 0 Å². The molecular weight excluding hydrogens is 501 g/mol. The average Bonchev–Trinajstić information content (AvgIpc) is 3.03. The Bertz CT molecular complexity index is 908. The van der Waals surface area contributed by atoms with E-state index >= 15 is 0 Å². The third kappa shape index (κ3) is 4.80. The lowest BCUT2D eigenvalue weighted by Crippen LogP contribution is -2.59. The summed E-state index contributed by atoms with van der Waals surface area (Å²) in [5.41, 5.74) is 1.57. The number of amides is 2. The molecule has 2 saturated heterocycles. The number of carbonyl (C=O) groups is 2. The van der Waals surface area contributed by atoms with Crippen LogP contribution in [0.15, 0.2) is 54.6 Å². The molecule has 31 heavy (non-hydrogen) atoms. The van der Waals surface area contributed by atoms with Gasteiger partial charge in [-0.15, -0.1) is 0 Å². The largest absolute Gasteiger partial charge is 0.338 e. The second-order valence-electron chi connectivity index (χ2n) is 8.56. The van der Waals surface area contributed by atoms with Crippen LogP contribution in [-0.2, 0) is 11.2 Å². The van der Waals surface area contributed by atoms with Gasteiger partial charge in [-0.3, -0.25) is 14.9 Å². The van der Waals surface area contributed by atoms with Gasteiger partial charge in [-0.05, 0) is 65.3 Å². The van der Waals surface area contributed by atoms with Gasteiger partial charge < -0.3 is 9.80 Å². The van der Waals surface area contributed by atoms with Gasteiger partial charge >= 0.3 is 0 Å². The molecule has 1 spiro atoms. The Labute approximate surface area is 198 Å². The Kier molecular flexibility index (Phi) is 6.96. The summed E-state index contributed by atoms with van der Waals surface area (Å²) in [5, 5.41) is 3.71. The second-order valence-corrected chi connectivity index (χ2v) is 9.81. The van der Waals surface area contributed by atoms with Crippen LogP contribution in [0, 0.1) is 3.57 Å². The fourth-order valence-electron chi connectivity index (χ4n) is 4.76. The van der Waals surface area contributed by atoms with Crippen molar-refractivity contribution < 1.29 is 9.59 Å². The van der Waals surface area contributed by atoms with Gasteiger partial charge in [-0.2, -0.15) is 0 Å². The first-order valence-electron chi connectivity index (χ1n) is 11.2. The second kappa shape index (κ2) is 9.69. The Morgan fingerprint density at radius 3 is 2.42 bits per heavy atom. The van der Waals surface area contributed by atoms with E-state index in [1.165, 1.54) is 5.56 Å². The number of rotatable bonds is 6. The van der Waals surface area contributed by atoms with Crippen LogP contribution in [0.2, 0.25) is 0 Å². The van der Waals surface area contributed by atoms with Crippen LogP contribution >= 0.6 is 22.6 Å². The molecule has 2 fully saturated rings. The van der Waals surface area contributed by atoms with Crippen LogP contribution in [0.3, 0.4) is 0 Å². The highest BCUT2D eigenvalue weighted by Crippen LogP contribution is 2.34. The van der Waals surface area contributed by atoms with Gasteiger partial charge in [0.05, 0.1) is 11.7 Å². The molecule has 0 radical (unpaired) electrons. The van der Waals surface area contributed by atoms with Gasteiger partial charge in [0.15, 0.2) is 0 Å². The first-order chi connectivity index (χ1) is 15.0. The van der Waals surface area contributed by atoms with E-state index in [0.717, 1.165) is 41.4 Å². The van der Waals surface area contributed by atoms with Gasteiger partial charge in [0, 0.05) is 41.6 Å². The molecule has 2 heterocycles. The number of nitrogens with one attached hydrogen (secondary N) is 1. The average molecular weight is 531 g/mol. The number of unbranched alkanes of at least 4 members (excludes halogenated alkanes) is 1. The Morgan fingerprint density at radius 2 is 1.77 bits per heavy atom. The maximum atomic E-state index is 13.3. The number of piperidine rings is 1. The maximum Gasteiger partial charge on any atom is 0.253 e. The molecule has 4 rings (SSSR count). The van der Waals surface area contributed by atoms with E-state index in [1.807, 2.05) is 47.4 Å². The number of benzene rings is 2. The molecule has 5 nitrogen and oxygen atoms in total. The van der Waals surface area contributed by atoms with Crippen molar-refractivity contribution in [2.45, 2.75) is 50.7 Å². The highest BCUT2D eigenvalue weighted by molar-refractivity contribution is 14.1. The monoisotopic (exact) mass is 531 g/mol. The van der Waals surface area contributed by atoms with Crippen LogP contribution in [0.5, 0.6) is 0 Å². The molecule has 1 atom stereocenters. The molecule has 0 aromatic heterocycles. The Hall–Kier alpha value is -1.93. The normalized spacial score (nSPS) is 20.5. The molecule has 1 N–H and O–H groups in total. The van der Waals surface area contributed by atoms with Crippen LogP contribution in [0.1, 0.15) is 48.5 Å². The van der Waals surface area contributed by atoms with Crippen molar-refractivity contribution in [3.05, 3.63) is 69.3 Å². The summed E-state index contributed by atoms with van der Waals surface area (Å²) in [6.07, 6.45) is 4.29. The van der Waals surface area contributed by atoms with E-state index < -0.39 is 0 Å². The van der Waals surface area contributed by atoms with E-state index in [0.29, 0.717) is 19.5 Å². The lowest BCUT2D eigenvalue weighted by Gasteiger charge is -2.44. The van der Waals surface area contributed by atoms with Gasteiger partial charge in [-0.25, -0.2) is 0 Å². The molecule has 2 aromatic carbocycles. The minimum atomic E-state index is -0.339. The molecular formula is C25H30IN3O2. The maximum absolute atomic E-state index is 13.3. The lowest BCUT2D eigenvalue weighted by molar-refractivity contribution is -0.133. The first-order valence-corrected chi connectivity index (χ1v) is 12.3. The van der Waals surface area contributed by atoms with Crippen molar-refractivity contribution >= 4 is 34.4 Å². The summed E-state index contributed by atoms with van der Waals surface area (Å²) in [4.78, 5) is 30.3. The zero-order valence-corrected chi connectivity index (χ0v) is 20.2. The summed E-state index contributed by atoms with van der Waals surface area (Å²) < 4.78 is 1.12. The smallest absolute Gasteiger partial charge is 0.253 e. The molecule has 1 unspecified atom stereocenters. The summed E-state index contributed by atoms with van der Waals surface area (Å²) in [7, 11) is 0. The van der Waals surface area contributed by atoms with E-state index in [4.69, 9.17) is 0 Å². The van der Waals surface area contributed by atoms with Crippen LogP contribution in [-0.4, -0.2) is 53.0 Å². The topological polar surface area (TPSA) is 52.7 Å². The van der Waals surface area contributed by atoms with Gasteiger partial charge in [0.2, 0.25) is 5.91 Å². The predicted octanol–water partition coefficient (Wildman–Crippen LogP) is 4.07. The van der Waals surface area contributed by atoms with E-state index in [2.05, 4.69) is 51.9 Å². The standard InChI is InChI=1S/C25H30IN3O2/c1-2-3-15-29-24(31)22(18-19-7-5-4-6-8-19)27-25(29)13-16-28(17-14-25)23(30)20-9-11-21(26)12-10-20/h4-12,22,27H,2-3,13-18H2,1H3. The molecule has 0 saturated carbocycles. The summed E-state index contributed by atoms with van der Waals surface area (Å²) in [6.45, 7) is 4.25. The van der Waals surface area contributed by atoms with Crippen molar-refractivity contribution in [1.29, 1.82) is 0 Å². The van der Waals surface area contributed by atoms with Crippen LogP contribution in [0.25, 0.3) is 0 Å². The van der Waals surface area contributed by atoms with Gasteiger partial charge in [0.1, 0.15) is 0 Å². The van der Waals surface area contributed by atoms with E-state index in [9.17, 15) is 9.59 Å². The van der Waals surface area contributed by atoms with Crippen molar-refractivity contribution in [2.75, 3.05) is 19.6 Å². The van der Waals surface area contributed by atoms with Crippen molar-refractivity contribution in [1.82, 2.24) is 15.1 Å². The van der Waals surface area contributed by atoms with Crippen molar-refractivity contribution in [3.8, 4) is 0 Å². The van der Waals surface area contributed by atoms with Gasteiger partial charge in [-0.1, -0.05) is 43.7 Å². The zero-order chi connectivity index (χ0) is 21.8. The van der Waals surface area contributed by atoms with E-state index in [-0.39, 0.29) is 23.5 Å². The molecule has 0 bridgehead atoms. The Morgan fingerprint density at radius 1 is 1.10 bits per heavy atom. The predicted molar refractivity (Wildman–Crippen MR) is 131 cm³/mol. The van der Waals surface area contributed by atoms with Crippen LogP contribution < -0.4 is 5.32 Å². The van der Waals surface area contributed by atoms with Crippen LogP contribution in [0.4, 0.5) is 0 Å². The number of hydrogen-bond acceptors (Lipinski definition) is 3. The molecule has 2 aliphatic heterocycles. The zero-order valence-electron chi connectivity index (χ0n) is 18.0. The number of halogens is 1. The summed E-state index contributed by atoms with van der Waals surface area (Å²) >= 11 is 2.25. The quantitative estimate of drug-likeness (QED) is 0.573. The highest BCUT2D eigenvalue weighted by atomic mass is 127. The number of nitrogens with zero attached hydrogens (tertiary/aromatic N) is 2. The SMILES string of the molecule is CCCCN1C(=O)C(Cc2ccccc2)NC12CCN(C(=O)c1ccc(I)cc1)CC2. The lowest BCUT2D eigenvalue weighted by atomic mass is 9.95. The molecule has 2 aromatic rings. The fourth-order valence-corrected chi connectivity index (χ4v) is 5.12. The number of hydrogen-bond donors (Lipinski definition) is 1. The third-order valence-corrected chi connectivity index (χ3v) is 7.23. The minimum absolute atomic E-state index is 0.0801. The highest BCUT2D eigenvalue weighted by Gasteiger charge is 2.51.